The first-order chi connectivity index (χ1) is 16.0. The van der Waals surface area contributed by atoms with Crippen LogP contribution in [0.4, 0.5) is 23.7 Å². The van der Waals surface area contributed by atoms with Crippen molar-refractivity contribution in [2.24, 2.45) is 0 Å². The molecule has 0 aliphatic carbocycles. The monoisotopic (exact) mass is 505 g/mol. The van der Waals surface area contributed by atoms with Crippen LogP contribution in [-0.4, -0.2) is 32.9 Å². The van der Waals surface area contributed by atoms with E-state index in [1.54, 1.807) is 44.4 Å². The van der Waals surface area contributed by atoms with Gasteiger partial charge in [-0.15, -0.1) is 0 Å². The van der Waals surface area contributed by atoms with Crippen molar-refractivity contribution >= 4 is 41.0 Å². The van der Waals surface area contributed by atoms with Crippen LogP contribution in [-0.2, 0) is 11.3 Å². The number of pyridine rings is 1. The molecule has 3 amide bonds. The van der Waals surface area contributed by atoms with E-state index in [9.17, 15) is 22.8 Å². The molecule has 0 bridgehead atoms. The average Bonchev–Trinajstić information content (AvgIpc) is 2.94. The van der Waals surface area contributed by atoms with E-state index in [-0.39, 0.29) is 28.9 Å². The highest BCUT2D eigenvalue weighted by Crippen LogP contribution is 2.39. The van der Waals surface area contributed by atoms with Gasteiger partial charge in [0.15, 0.2) is 0 Å². The Morgan fingerprint density at radius 3 is 2.26 bits per heavy atom. The molecule has 1 aromatic heterocycles. The van der Waals surface area contributed by atoms with Crippen molar-refractivity contribution in [3.8, 4) is 11.1 Å². The maximum Gasteiger partial charge on any atom is 0.446 e. The predicted octanol–water partition coefficient (Wildman–Crippen LogP) is 6.76. The Labute approximate surface area is 203 Å². The zero-order valence-electron chi connectivity index (χ0n) is 18.1. The topological polar surface area (TPSA) is 53.5 Å². The lowest BCUT2D eigenvalue weighted by molar-refractivity contribution is -0.123. The van der Waals surface area contributed by atoms with Crippen molar-refractivity contribution in [1.82, 2.24) is 9.88 Å². The van der Waals surface area contributed by atoms with Crippen LogP contribution in [0.1, 0.15) is 19.4 Å². The minimum absolute atomic E-state index is 0.0316. The molecule has 0 radical (unpaired) electrons. The number of imide groups is 1. The van der Waals surface area contributed by atoms with Crippen molar-refractivity contribution in [3.63, 3.8) is 0 Å². The van der Waals surface area contributed by atoms with Gasteiger partial charge in [0.2, 0.25) is 0 Å². The lowest BCUT2D eigenvalue weighted by atomic mass is 9.99. The summed E-state index contributed by atoms with van der Waals surface area (Å²) in [6.45, 7) is 3.42. The molecule has 1 aliphatic rings. The largest absolute Gasteiger partial charge is 0.446 e. The number of hydrogen-bond acceptors (Lipinski definition) is 4. The standard InChI is InChI=1S/C24H19ClF3N3O2S/c1-23(2)21(32)31(18-7-9-19(10-8-18)34-24(26,27)28)22(33)30(23)14-16-11-12-29-13-20(16)15-3-5-17(25)6-4-15/h3-13H,14H2,1-2H3. The normalized spacial score (nSPS) is 15.8. The molecule has 0 atom stereocenters. The maximum atomic E-state index is 13.4. The summed E-state index contributed by atoms with van der Waals surface area (Å²) in [5.41, 5.74) is -2.95. The quantitative estimate of drug-likeness (QED) is 0.284. The molecule has 0 N–H and O–H groups in total. The van der Waals surface area contributed by atoms with Gasteiger partial charge in [-0.1, -0.05) is 23.7 Å². The summed E-state index contributed by atoms with van der Waals surface area (Å²) < 4.78 is 37.9. The van der Waals surface area contributed by atoms with Crippen LogP contribution in [0.25, 0.3) is 11.1 Å². The summed E-state index contributed by atoms with van der Waals surface area (Å²) in [6.07, 6.45) is 3.29. The Balaban J connectivity index is 1.63. The number of rotatable bonds is 5. The molecule has 1 aliphatic heterocycles. The molecule has 34 heavy (non-hydrogen) atoms. The summed E-state index contributed by atoms with van der Waals surface area (Å²) in [5, 5.41) is 0.589. The van der Waals surface area contributed by atoms with Crippen LogP contribution in [0.3, 0.4) is 0 Å². The third kappa shape index (κ3) is 4.76. The Kier molecular flexibility index (Phi) is 6.35. The minimum atomic E-state index is -4.42. The van der Waals surface area contributed by atoms with Crippen molar-refractivity contribution in [3.05, 3.63) is 77.6 Å². The maximum absolute atomic E-state index is 13.4. The number of nitrogens with zero attached hydrogens (tertiary/aromatic N) is 3. The molecule has 1 saturated heterocycles. The van der Waals surface area contributed by atoms with Gasteiger partial charge < -0.3 is 4.90 Å². The van der Waals surface area contributed by atoms with Crippen molar-refractivity contribution in [1.29, 1.82) is 0 Å². The van der Waals surface area contributed by atoms with Crippen molar-refractivity contribution in [2.45, 2.75) is 36.3 Å². The molecule has 4 rings (SSSR count). The van der Waals surface area contributed by atoms with Crippen LogP contribution < -0.4 is 4.90 Å². The number of halogens is 4. The van der Waals surface area contributed by atoms with Crippen LogP contribution in [0.15, 0.2) is 71.9 Å². The molecule has 1 fully saturated rings. The molecule has 0 unspecified atom stereocenters. The molecule has 10 heteroatoms. The molecule has 2 aromatic carbocycles. The van der Waals surface area contributed by atoms with E-state index < -0.39 is 23.0 Å². The summed E-state index contributed by atoms with van der Waals surface area (Å²) in [4.78, 5) is 33.2. The SMILES string of the molecule is CC1(C)C(=O)N(c2ccc(SC(F)(F)F)cc2)C(=O)N1Cc1ccncc1-c1ccc(Cl)cc1. The van der Waals surface area contributed by atoms with Gasteiger partial charge in [-0.25, -0.2) is 9.69 Å². The third-order valence-electron chi connectivity index (χ3n) is 5.55. The average molecular weight is 506 g/mol. The van der Waals surface area contributed by atoms with E-state index in [4.69, 9.17) is 11.6 Å². The molecule has 5 nitrogen and oxygen atoms in total. The Morgan fingerprint density at radius 2 is 1.65 bits per heavy atom. The molecular weight excluding hydrogens is 487 g/mol. The number of carbonyl (C=O) groups is 2. The number of carbonyl (C=O) groups excluding carboxylic acids is 2. The fourth-order valence-electron chi connectivity index (χ4n) is 3.75. The highest BCUT2D eigenvalue weighted by atomic mass is 35.5. The van der Waals surface area contributed by atoms with E-state index in [2.05, 4.69) is 4.98 Å². The van der Waals surface area contributed by atoms with Gasteiger partial charge in [0.1, 0.15) is 5.54 Å². The summed E-state index contributed by atoms with van der Waals surface area (Å²) in [5.74, 6) is -0.462. The molecule has 2 heterocycles. The van der Waals surface area contributed by atoms with Crippen LogP contribution in [0, 0.1) is 0 Å². The van der Waals surface area contributed by atoms with Crippen LogP contribution in [0.2, 0.25) is 5.02 Å². The second-order valence-corrected chi connectivity index (χ2v) is 9.72. The first kappa shape index (κ1) is 24.1. The number of aromatic nitrogens is 1. The Bertz CT molecular complexity index is 1230. The fourth-order valence-corrected chi connectivity index (χ4v) is 4.41. The lowest BCUT2D eigenvalue weighted by Crippen LogP contribution is -2.43. The second kappa shape index (κ2) is 8.96. The number of amides is 3. The summed E-state index contributed by atoms with van der Waals surface area (Å²) in [7, 11) is 0. The Morgan fingerprint density at radius 1 is 1.00 bits per heavy atom. The van der Waals surface area contributed by atoms with E-state index in [1.165, 1.54) is 29.2 Å². The van der Waals surface area contributed by atoms with Crippen LogP contribution in [0.5, 0.6) is 0 Å². The molecule has 3 aromatic rings. The second-order valence-electron chi connectivity index (χ2n) is 8.15. The first-order valence-electron chi connectivity index (χ1n) is 10.2. The van der Waals surface area contributed by atoms with Crippen molar-refractivity contribution < 1.29 is 22.8 Å². The van der Waals surface area contributed by atoms with Gasteiger partial charge in [-0.3, -0.25) is 9.78 Å². The van der Waals surface area contributed by atoms with Gasteiger partial charge in [0.05, 0.1) is 5.69 Å². The van der Waals surface area contributed by atoms with E-state index in [0.29, 0.717) is 5.02 Å². The van der Waals surface area contributed by atoms with Gasteiger partial charge in [-0.2, -0.15) is 13.2 Å². The molecule has 0 saturated carbocycles. The van der Waals surface area contributed by atoms with Crippen LogP contribution >= 0.6 is 23.4 Å². The highest BCUT2D eigenvalue weighted by Gasteiger charge is 2.51. The molecule has 0 spiro atoms. The minimum Gasteiger partial charge on any atom is -0.305 e. The van der Waals surface area contributed by atoms with E-state index in [1.807, 2.05) is 12.1 Å². The predicted molar refractivity (Wildman–Crippen MR) is 126 cm³/mol. The lowest BCUT2D eigenvalue weighted by Gasteiger charge is -2.28. The van der Waals surface area contributed by atoms with Gasteiger partial charge in [0, 0.05) is 34.4 Å². The number of urea groups is 1. The number of anilines is 1. The van der Waals surface area contributed by atoms with E-state index >= 15 is 0 Å². The highest BCUT2D eigenvalue weighted by molar-refractivity contribution is 8.00. The fraction of sp³-hybridized carbons (Fsp3) is 0.208. The first-order valence-corrected chi connectivity index (χ1v) is 11.4. The number of thioether (sulfide) groups is 1. The number of hydrogen-bond donors (Lipinski definition) is 0. The summed E-state index contributed by atoms with van der Waals surface area (Å²) >= 11 is 5.74. The van der Waals surface area contributed by atoms with Gasteiger partial charge >= 0.3 is 11.5 Å². The number of benzene rings is 2. The molecule has 176 valence electrons. The Hall–Kier alpha value is -3.04. The summed E-state index contributed by atoms with van der Waals surface area (Å²) in [6, 6.07) is 13.6. The number of alkyl halides is 3. The zero-order valence-corrected chi connectivity index (χ0v) is 19.7. The molecular formula is C24H19ClF3N3O2S. The van der Waals surface area contributed by atoms with E-state index in [0.717, 1.165) is 21.6 Å². The smallest absolute Gasteiger partial charge is 0.305 e. The zero-order chi connectivity index (χ0) is 24.7. The third-order valence-corrected chi connectivity index (χ3v) is 6.54. The van der Waals surface area contributed by atoms with Gasteiger partial charge in [-0.05, 0) is 79.2 Å². The van der Waals surface area contributed by atoms with Gasteiger partial charge in [0.25, 0.3) is 5.91 Å². The van der Waals surface area contributed by atoms with Crippen molar-refractivity contribution in [2.75, 3.05) is 4.90 Å².